The van der Waals surface area contributed by atoms with Gasteiger partial charge in [0.25, 0.3) is 6.43 Å². The van der Waals surface area contributed by atoms with Gasteiger partial charge in [0.2, 0.25) is 0 Å². The molecule has 1 N–H and O–H groups in total. The van der Waals surface area contributed by atoms with Gasteiger partial charge in [-0.1, -0.05) is 24.3 Å². The highest BCUT2D eigenvalue weighted by Gasteiger charge is 2.15. The SMILES string of the molecule is OC(c1ccc(C(F)F)cc1)c1cscc1Br. The Bertz CT molecular complexity index is 495. The smallest absolute Gasteiger partial charge is 0.263 e. The summed E-state index contributed by atoms with van der Waals surface area (Å²) < 4.78 is 25.6. The van der Waals surface area contributed by atoms with E-state index in [9.17, 15) is 13.9 Å². The minimum Gasteiger partial charge on any atom is -0.384 e. The van der Waals surface area contributed by atoms with Crippen LogP contribution < -0.4 is 0 Å². The van der Waals surface area contributed by atoms with Crippen molar-refractivity contribution >= 4 is 27.3 Å². The zero-order valence-electron chi connectivity index (χ0n) is 8.61. The molecule has 0 spiro atoms. The number of halogens is 3. The van der Waals surface area contributed by atoms with Gasteiger partial charge < -0.3 is 5.11 Å². The lowest BCUT2D eigenvalue weighted by Crippen LogP contribution is -1.99. The quantitative estimate of drug-likeness (QED) is 0.881. The molecule has 17 heavy (non-hydrogen) atoms. The molecule has 0 fully saturated rings. The molecule has 2 rings (SSSR count). The third-order valence-corrected chi connectivity index (χ3v) is 4.19. The normalized spacial score (nSPS) is 13.0. The molecule has 0 saturated carbocycles. The lowest BCUT2D eigenvalue weighted by atomic mass is 10.0. The van der Waals surface area contributed by atoms with Crippen LogP contribution in [0.3, 0.4) is 0 Å². The maximum Gasteiger partial charge on any atom is 0.263 e. The van der Waals surface area contributed by atoms with Crippen molar-refractivity contribution in [2.75, 3.05) is 0 Å². The van der Waals surface area contributed by atoms with Crippen LogP contribution in [0.4, 0.5) is 8.78 Å². The number of benzene rings is 1. The van der Waals surface area contributed by atoms with E-state index in [0.29, 0.717) is 5.56 Å². The molecule has 0 amide bonds. The third kappa shape index (κ3) is 2.73. The average molecular weight is 319 g/mol. The van der Waals surface area contributed by atoms with Crippen LogP contribution in [0.15, 0.2) is 39.5 Å². The number of aliphatic hydroxyl groups is 1. The first-order valence-electron chi connectivity index (χ1n) is 4.87. The van der Waals surface area contributed by atoms with Crippen LogP contribution in [0.25, 0.3) is 0 Å². The fourth-order valence-electron chi connectivity index (χ4n) is 1.49. The minimum absolute atomic E-state index is 0.0367. The summed E-state index contributed by atoms with van der Waals surface area (Å²) in [7, 11) is 0. The van der Waals surface area contributed by atoms with Gasteiger partial charge in [-0.2, -0.15) is 11.3 Å². The number of alkyl halides is 2. The third-order valence-electron chi connectivity index (χ3n) is 2.44. The Balaban J connectivity index is 2.26. The second-order valence-electron chi connectivity index (χ2n) is 3.54. The Kier molecular flexibility index (Phi) is 3.91. The van der Waals surface area contributed by atoms with E-state index in [1.165, 1.54) is 35.6 Å². The molecule has 1 aromatic heterocycles. The van der Waals surface area contributed by atoms with E-state index in [-0.39, 0.29) is 5.56 Å². The van der Waals surface area contributed by atoms with Crippen LogP contribution in [0.2, 0.25) is 0 Å². The highest BCUT2D eigenvalue weighted by atomic mass is 79.9. The Morgan fingerprint density at radius 2 is 1.65 bits per heavy atom. The molecule has 0 saturated heterocycles. The predicted molar refractivity (Wildman–Crippen MR) is 67.5 cm³/mol. The first-order chi connectivity index (χ1) is 8.09. The van der Waals surface area contributed by atoms with Gasteiger partial charge in [0, 0.05) is 21.0 Å². The molecule has 1 aromatic carbocycles. The fraction of sp³-hybridized carbons (Fsp3) is 0.167. The molecule has 0 aliphatic carbocycles. The largest absolute Gasteiger partial charge is 0.384 e. The molecule has 90 valence electrons. The summed E-state index contributed by atoms with van der Waals surface area (Å²) in [5.41, 5.74) is 1.32. The molecule has 2 aromatic rings. The molecule has 0 aliphatic rings. The number of rotatable bonds is 3. The standard InChI is InChI=1S/C12H9BrF2OS/c13-10-6-17-5-9(10)11(16)7-1-3-8(4-2-7)12(14)15/h1-6,11-12,16H. The summed E-state index contributed by atoms with van der Waals surface area (Å²) in [5.74, 6) is 0. The van der Waals surface area contributed by atoms with Gasteiger partial charge in [-0.05, 0) is 26.9 Å². The van der Waals surface area contributed by atoms with Gasteiger partial charge >= 0.3 is 0 Å². The summed E-state index contributed by atoms with van der Waals surface area (Å²) in [6.07, 6.45) is -3.27. The lowest BCUT2D eigenvalue weighted by Gasteiger charge is -2.11. The first-order valence-corrected chi connectivity index (χ1v) is 6.61. The molecular weight excluding hydrogens is 310 g/mol. The van der Waals surface area contributed by atoms with Crippen molar-refractivity contribution in [1.29, 1.82) is 0 Å². The van der Waals surface area contributed by atoms with Gasteiger partial charge in [0.15, 0.2) is 0 Å². The molecule has 1 heterocycles. The summed E-state index contributed by atoms with van der Waals surface area (Å²) in [6.45, 7) is 0. The summed E-state index contributed by atoms with van der Waals surface area (Å²) in [5, 5.41) is 13.8. The summed E-state index contributed by atoms with van der Waals surface area (Å²) >= 11 is 4.80. The van der Waals surface area contributed by atoms with Gasteiger partial charge in [0.1, 0.15) is 6.10 Å². The van der Waals surface area contributed by atoms with Crippen molar-refractivity contribution in [1.82, 2.24) is 0 Å². The molecule has 0 bridgehead atoms. The minimum atomic E-state index is -2.48. The molecule has 5 heteroatoms. The van der Waals surface area contributed by atoms with E-state index < -0.39 is 12.5 Å². The highest BCUT2D eigenvalue weighted by Crippen LogP contribution is 2.32. The molecule has 1 atom stereocenters. The zero-order chi connectivity index (χ0) is 12.4. The molecular formula is C12H9BrF2OS. The van der Waals surface area contributed by atoms with Crippen molar-refractivity contribution in [2.45, 2.75) is 12.5 Å². The Morgan fingerprint density at radius 1 is 1.06 bits per heavy atom. The number of hydrogen-bond donors (Lipinski definition) is 1. The Morgan fingerprint density at radius 3 is 2.12 bits per heavy atom. The van der Waals surface area contributed by atoms with Crippen LogP contribution in [0.1, 0.15) is 29.2 Å². The second kappa shape index (κ2) is 5.25. The van der Waals surface area contributed by atoms with Crippen LogP contribution >= 0.6 is 27.3 Å². The van der Waals surface area contributed by atoms with Crippen LogP contribution in [0.5, 0.6) is 0 Å². The maximum absolute atomic E-state index is 12.4. The molecule has 0 radical (unpaired) electrons. The number of thiophene rings is 1. The van der Waals surface area contributed by atoms with E-state index in [2.05, 4.69) is 15.9 Å². The zero-order valence-corrected chi connectivity index (χ0v) is 11.0. The molecule has 1 unspecified atom stereocenters. The second-order valence-corrected chi connectivity index (χ2v) is 5.14. The number of hydrogen-bond acceptors (Lipinski definition) is 2. The Hall–Kier alpha value is -0.780. The predicted octanol–water partition coefficient (Wildman–Crippen LogP) is 4.53. The molecule has 0 aliphatic heterocycles. The maximum atomic E-state index is 12.4. The van der Waals surface area contributed by atoms with E-state index >= 15 is 0 Å². The van der Waals surface area contributed by atoms with Crippen molar-refractivity contribution in [2.24, 2.45) is 0 Å². The molecule has 1 nitrogen and oxygen atoms in total. The highest BCUT2D eigenvalue weighted by molar-refractivity contribution is 9.10. The fourth-order valence-corrected chi connectivity index (χ4v) is 3.02. The number of aliphatic hydroxyl groups excluding tert-OH is 1. The van der Waals surface area contributed by atoms with Crippen molar-refractivity contribution in [3.05, 3.63) is 56.2 Å². The topological polar surface area (TPSA) is 20.2 Å². The Labute approximate surface area is 110 Å². The lowest BCUT2D eigenvalue weighted by molar-refractivity contribution is 0.151. The van der Waals surface area contributed by atoms with E-state index in [0.717, 1.165) is 10.0 Å². The van der Waals surface area contributed by atoms with Crippen molar-refractivity contribution in [3.63, 3.8) is 0 Å². The monoisotopic (exact) mass is 318 g/mol. The van der Waals surface area contributed by atoms with Gasteiger partial charge in [0.05, 0.1) is 0 Å². The summed E-state index contributed by atoms with van der Waals surface area (Å²) in [6, 6.07) is 5.72. The van der Waals surface area contributed by atoms with E-state index in [4.69, 9.17) is 0 Å². The average Bonchev–Trinajstić information content (AvgIpc) is 2.74. The summed E-state index contributed by atoms with van der Waals surface area (Å²) in [4.78, 5) is 0. The van der Waals surface area contributed by atoms with Crippen LogP contribution in [0, 0.1) is 0 Å². The van der Waals surface area contributed by atoms with E-state index in [1.807, 2.05) is 10.8 Å². The van der Waals surface area contributed by atoms with Gasteiger partial charge in [-0.3, -0.25) is 0 Å². The van der Waals surface area contributed by atoms with Crippen molar-refractivity contribution in [3.8, 4) is 0 Å². The van der Waals surface area contributed by atoms with Gasteiger partial charge in [-0.15, -0.1) is 0 Å². The van der Waals surface area contributed by atoms with Crippen molar-refractivity contribution < 1.29 is 13.9 Å². The van der Waals surface area contributed by atoms with Gasteiger partial charge in [-0.25, -0.2) is 8.78 Å². The van der Waals surface area contributed by atoms with Crippen LogP contribution in [-0.2, 0) is 0 Å². The van der Waals surface area contributed by atoms with E-state index in [1.54, 1.807) is 0 Å². The van der Waals surface area contributed by atoms with Crippen LogP contribution in [-0.4, -0.2) is 5.11 Å². The first kappa shape index (κ1) is 12.7.